The van der Waals surface area contributed by atoms with Gasteiger partial charge in [-0.05, 0) is 18.9 Å². The van der Waals surface area contributed by atoms with Crippen molar-refractivity contribution in [2.75, 3.05) is 32.2 Å². The standard InChI is InChI=1S/C17H25N3O6/c1-4-12(5-2)19-16(21)11-26-17(22)14-10-13(20(23)24)6-7-15(14)18-8-9-25-3/h6-7,10,12,18H,4-5,8-9,11H2,1-3H3,(H,19,21). The number of non-ortho nitro benzene ring substituents is 1. The lowest BCUT2D eigenvalue weighted by Gasteiger charge is -2.15. The van der Waals surface area contributed by atoms with Gasteiger partial charge >= 0.3 is 5.97 Å². The van der Waals surface area contributed by atoms with Gasteiger partial charge in [0.15, 0.2) is 6.61 Å². The number of carbonyl (C=O) groups is 2. The van der Waals surface area contributed by atoms with Crippen molar-refractivity contribution in [3.63, 3.8) is 0 Å². The smallest absolute Gasteiger partial charge is 0.341 e. The fourth-order valence-electron chi connectivity index (χ4n) is 2.23. The Labute approximate surface area is 152 Å². The number of nitro groups is 1. The molecule has 0 atom stereocenters. The van der Waals surface area contributed by atoms with E-state index in [0.717, 1.165) is 18.9 Å². The molecule has 0 heterocycles. The number of nitrogens with zero attached hydrogens (tertiary/aromatic N) is 1. The van der Waals surface area contributed by atoms with Crippen LogP contribution in [0.4, 0.5) is 11.4 Å². The van der Waals surface area contributed by atoms with Crippen LogP contribution in [-0.4, -0.2) is 49.7 Å². The maximum absolute atomic E-state index is 12.3. The van der Waals surface area contributed by atoms with Crippen LogP contribution in [0.2, 0.25) is 0 Å². The van der Waals surface area contributed by atoms with E-state index in [1.54, 1.807) is 0 Å². The van der Waals surface area contributed by atoms with E-state index in [9.17, 15) is 19.7 Å². The van der Waals surface area contributed by atoms with E-state index in [2.05, 4.69) is 10.6 Å². The Bertz CT molecular complexity index is 631. The number of ether oxygens (including phenoxy) is 2. The lowest BCUT2D eigenvalue weighted by Crippen LogP contribution is -2.36. The SMILES string of the molecule is CCC(CC)NC(=O)COC(=O)c1cc([N+](=O)[O-])ccc1NCCOC. The van der Waals surface area contributed by atoms with Crippen LogP contribution in [0.3, 0.4) is 0 Å². The highest BCUT2D eigenvalue weighted by Crippen LogP contribution is 2.23. The highest BCUT2D eigenvalue weighted by atomic mass is 16.6. The summed E-state index contributed by atoms with van der Waals surface area (Å²) in [6.07, 6.45) is 1.54. The predicted molar refractivity (Wildman–Crippen MR) is 96.3 cm³/mol. The number of rotatable bonds is 11. The van der Waals surface area contributed by atoms with Crippen molar-refractivity contribution in [2.24, 2.45) is 0 Å². The molecule has 0 aliphatic rings. The van der Waals surface area contributed by atoms with Crippen molar-refractivity contribution in [3.8, 4) is 0 Å². The number of nitrogens with one attached hydrogen (secondary N) is 2. The van der Waals surface area contributed by atoms with Gasteiger partial charge in [-0.3, -0.25) is 14.9 Å². The molecule has 1 amide bonds. The normalized spacial score (nSPS) is 10.5. The Hall–Kier alpha value is -2.68. The van der Waals surface area contributed by atoms with Gasteiger partial charge in [0.1, 0.15) is 0 Å². The number of carbonyl (C=O) groups excluding carboxylic acids is 2. The zero-order chi connectivity index (χ0) is 19.5. The summed E-state index contributed by atoms with van der Waals surface area (Å²) in [7, 11) is 1.53. The molecule has 1 aromatic rings. The largest absolute Gasteiger partial charge is 0.452 e. The molecule has 9 heteroatoms. The van der Waals surface area contributed by atoms with Gasteiger partial charge in [0.2, 0.25) is 0 Å². The Kier molecular flexibility index (Phi) is 9.07. The van der Waals surface area contributed by atoms with Crippen molar-refractivity contribution >= 4 is 23.3 Å². The number of anilines is 1. The summed E-state index contributed by atoms with van der Waals surface area (Å²) < 4.78 is 9.94. The fraction of sp³-hybridized carbons (Fsp3) is 0.529. The van der Waals surface area contributed by atoms with E-state index in [4.69, 9.17) is 9.47 Å². The van der Waals surface area contributed by atoms with E-state index < -0.39 is 23.4 Å². The highest BCUT2D eigenvalue weighted by molar-refractivity contribution is 5.97. The molecule has 9 nitrogen and oxygen atoms in total. The zero-order valence-corrected chi connectivity index (χ0v) is 15.2. The van der Waals surface area contributed by atoms with Crippen LogP contribution in [0.15, 0.2) is 18.2 Å². The Morgan fingerprint density at radius 1 is 1.27 bits per heavy atom. The fourth-order valence-corrected chi connectivity index (χ4v) is 2.23. The number of esters is 1. The van der Waals surface area contributed by atoms with Crippen LogP contribution in [0.25, 0.3) is 0 Å². The summed E-state index contributed by atoms with van der Waals surface area (Å²) in [6.45, 7) is 4.24. The maximum Gasteiger partial charge on any atom is 0.341 e. The molecule has 1 aromatic carbocycles. The molecule has 2 N–H and O–H groups in total. The molecule has 0 aliphatic heterocycles. The minimum atomic E-state index is -0.812. The van der Waals surface area contributed by atoms with Crippen molar-refractivity contribution in [1.29, 1.82) is 0 Å². The Morgan fingerprint density at radius 2 is 1.96 bits per heavy atom. The molecular formula is C17H25N3O6. The molecule has 0 saturated carbocycles. The van der Waals surface area contributed by atoms with E-state index in [1.807, 2.05) is 13.8 Å². The molecule has 26 heavy (non-hydrogen) atoms. The molecule has 0 unspecified atom stereocenters. The summed E-state index contributed by atoms with van der Waals surface area (Å²) in [5.41, 5.74) is 0.124. The molecule has 0 spiro atoms. The Balaban J connectivity index is 2.82. The molecule has 0 saturated heterocycles. The maximum atomic E-state index is 12.3. The molecule has 1 rings (SSSR count). The van der Waals surface area contributed by atoms with Crippen LogP contribution in [-0.2, 0) is 14.3 Å². The van der Waals surface area contributed by atoms with E-state index in [1.165, 1.54) is 19.2 Å². The Morgan fingerprint density at radius 3 is 2.54 bits per heavy atom. The van der Waals surface area contributed by atoms with Crippen molar-refractivity contribution in [2.45, 2.75) is 32.7 Å². The first kappa shape index (κ1) is 21.4. The second-order valence-electron chi connectivity index (χ2n) is 5.56. The molecule has 0 fully saturated rings. The first-order chi connectivity index (χ1) is 12.4. The topological polar surface area (TPSA) is 120 Å². The molecule has 144 valence electrons. The average Bonchev–Trinajstić information content (AvgIpc) is 2.64. The lowest BCUT2D eigenvalue weighted by atomic mass is 10.1. The van der Waals surface area contributed by atoms with Crippen molar-refractivity contribution in [1.82, 2.24) is 5.32 Å². The monoisotopic (exact) mass is 367 g/mol. The van der Waals surface area contributed by atoms with Crippen molar-refractivity contribution in [3.05, 3.63) is 33.9 Å². The van der Waals surface area contributed by atoms with Gasteiger partial charge in [-0.25, -0.2) is 4.79 Å². The number of benzene rings is 1. The molecule has 0 bridgehead atoms. The van der Waals surface area contributed by atoms with Gasteiger partial charge in [-0.15, -0.1) is 0 Å². The third-order valence-corrected chi connectivity index (χ3v) is 3.74. The number of hydrogen-bond donors (Lipinski definition) is 2. The lowest BCUT2D eigenvalue weighted by molar-refractivity contribution is -0.384. The van der Waals surface area contributed by atoms with Gasteiger partial charge in [-0.2, -0.15) is 0 Å². The predicted octanol–water partition coefficient (Wildman–Crippen LogP) is 2.11. The van der Waals surface area contributed by atoms with E-state index in [0.29, 0.717) is 18.8 Å². The van der Waals surface area contributed by atoms with Gasteiger partial charge in [0.25, 0.3) is 11.6 Å². The first-order valence-electron chi connectivity index (χ1n) is 8.40. The zero-order valence-electron chi connectivity index (χ0n) is 15.2. The van der Waals surface area contributed by atoms with Gasteiger partial charge in [-0.1, -0.05) is 13.8 Å². The van der Waals surface area contributed by atoms with Crippen LogP contribution in [0.1, 0.15) is 37.0 Å². The van der Waals surface area contributed by atoms with E-state index >= 15 is 0 Å². The number of methoxy groups -OCH3 is 1. The third kappa shape index (κ3) is 6.67. The second-order valence-corrected chi connectivity index (χ2v) is 5.56. The first-order valence-corrected chi connectivity index (χ1v) is 8.40. The van der Waals surface area contributed by atoms with E-state index in [-0.39, 0.29) is 17.3 Å². The van der Waals surface area contributed by atoms with Crippen molar-refractivity contribution < 1.29 is 24.0 Å². The molecular weight excluding hydrogens is 342 g/mol. The van der Waals surface area contributed by atoms with Gasteiger partial charge < -0.3 is 20.1 Å². The van der Waals surface area contributed by atoms with Crippen LogP contribution < -0.4 is 10.6 Å². The summed E-state index contributed by atoms with van der Waals surface area (Å²) >= 11 is 0. The summed E-state index contributed by atoms with van der Waals surface area (Å²) in [5.74, 6) is -1.22. The van der Waals surface area contributed by atoms with Crippen LogP contribution >= 0.6 is 0 Å². The summed E-state index contributed by atoms with van der Waals surface area (Å²) in [6, 6.07) is 3.85. The second kappa shape index (κ2) is 11.0. The van der Waals surface area contributed by atoms with Gasteiger partial charge in [0, 0.05) is 37.5 Å². The number of nitro benzene ring substituents is 1. The quantitative estimate of drug-likeness (QED) is 0.266. The minimum absolute atomic E-state index is 0.00867. The number of hydrogen-bond acceptors (Lipinski definition) is 7. The summed E-state index contributed by atoms with van der Waals surface area (Å²) in [5, 5.41) is 16.7. The van der Waals surface area contributed by atoms with Crippen LogP contribution in [0, 0.1) is 10.1 Å². The number of amides is 1. The minimum Gasteiger partial charge on any atom is -0.452 e. The van der Waals surface area contributed by atoms with Crippen LogP contribution in [0.5, 0.6) is 0 Å². The highest BCUT2D eigenvalue weighted by Gasteiger charge is 2.19. The van der Waals surface area contributed by atoms with Gasteiger partial charge in [0.05, 0.1) is 17.1 Å². The third-order valence-electron chi connectivity index (χ3n) is 3.74. The molecule has 0 aromatic heterocycles. The molecule has 0 radical (unpaired) electrons. The average molecular weight is 367 g/mol. The molecule has 0 aliphatic carbocycles. The summed E-state index contributed by atoms with van der Waals surface area (Å²) in [4.78, 5) is 34.5.